The van der Waals surface area contributed by atoms with Gasteiger partial charge in [0.15, 0.2) is 5.96 Å². The molecule has 0 saturated heterocycles. The van der Waals surface area contributed by atoms with Crippen LogP contribution in [0, 0.1) is 5.41 Å². The molecule has 0 radical (unpaired) electrons. The molecule has 16 heavy (non-hydrogen) atoms. The van der Waals surface area contributed by atoms with Gasteiger partial charge in [-0.05, 0) is 31.6 Å². The zero-order valence-corrected chi connectivity index (χ0v) is 10.6. The molecule has 3 N–H and O–H groups in total. The Hall–Kier alpha value is -0.770. The Labute approximate surface area is 98.5 Å². The largest absolute Gasteiger partial charge is 0.395 e. The summed E-state index contributed by atoms with van der Waals surface area (Å²) in [5, 5.41) is 15.1. The van der Waals surface area contributed by atoms with Crippen LogP contribution in [0.5, 0.6) is 0 Å². The summed E-state index contributed by atoms with van der Waals surface area (Å²) in [5.74, 6) is 0.830. The van der Waals surface area contributed by atoms with Crippen molar-refractivity contribution < 1.29 is 5.11 Å². The predicted octanol–water partition coefficient (Wildman–Crippen LogP) is 1.11. The lowest BCUT2D eigenvalue weighted by Gasteiger charge is -2.40. The first-order valence-corrected chi connectivity index (χ1v) is 6.39. The maximum absolute atomic E-state index is 8.77. The first kappa shape index (κ1) is 13.3. The molecule has 1 aliphatic rings. The zero-order chi connectivity index (χ0) is 11.9. The summed E-state index contributed by atoms with van der Waals surface area (Å²) in [7, 11) is 0. The Morgan fingerprint density at radius 3 is 2.50 bits per heavy atom. The maximum Gasteiger partial charge on any atom is 0.191 e. The number of aliphatic imine (C=N–C) groups is 1. The fourth-order valence-corrected chi connectivity index (χ4v) is 2.06. The van der Waals surface area contributed by atoms with Crippen LogP contribution < -0.4 is 10.6 Å². The van der Waals surface area contributed by atoms with Gasteiger partial charge >= 0.3 is 0 Å². The molecule has 0 bridgehead atoms. The number of aliphatic hydroxyl groups is 1. The molecule has 0 aromatic heterocycles. The van der Waals surface area contributed by atoms with Crippen molar-refractivity contribution in [2.24, 2.45) is 10.4 Å². The van der Waals surface area contributed by atoms with Crippen molar-refractivity contribution in [1.82, 2.24) is 10.6 Å². The van der Waals surface area contributed by atoms with Crippen LogP contribution in [0.25, 0.3) is 0 Å². The third kappa shape index (κ3) is 3.67. The summed E-state index contributed by atoms with van der Waals surface area (Å²) in [6, 6.07) is 0. The van der Waals surface area contributed by atoms with E-state index in [0.29, 0.717) is 12.0 Å². The molecule has 1 aliphatic carbocycles. The molecule has 0 amide bonds. The first-order chi connectivity index (χ1) is 7.76. The number of nitrogens with zero attached hydrogens (tertiary/aromatic N) is 1. The van der Waals surface area contributed by atoms with Gasteiger partial charge in [0, 0.05) is 19.6 Å². The Morgan fingerprint density at radius 2 is 2.06 bits per heavy atom. The van der Waals surface area contributed by atoms with E-state index in [9.17, 15) is 0 Å². The van der Waals surface area contributed by atoms with Crippen molar-refractivity contribution in [3.8, 4) is 0 Å². The number of hydrogen-bond donors (Lipinski definition) is 3. The van der Waals surface area contributed by atoms with Gasteiger partial charge in [0.1, 0.15) is 0 Å². The van der Waals surface area contributed by atoms with Gasteiger partial charge in [-0.1, -0.05) is 13.3 Å². The fraction of sp³-hybridized carbons (Fsp3) is 0.917. The van der Waals surface area contributed by atoms with E-state index < -0.39 is 0 Å². The highest BCUT2D eigenvalue weighted by Gasteiger charge is 2.34. The lowest BCUT2D eigenvalue weighted by Crippen LogP contribution is -2.40. The summed E-state index contributed by atoms with van der Waals surface area (Å²) >= 11 is 0. The van der Waals surface area contributed by atoms with Crippen LogP contribution in [-0.2, 0) is 0 Å². The lowest BCUT2D eigenvalue weighted by molar-refractivity contribution is 0.139. The molecule has 0 atom stereocenters. The summed E-state index contributed by atoms with van der Waals surface area (Å²) < 4.78 is 0. The van der Waals surface area contributed by atoms with Crippen molar-refractivity contribution in [1.29, 1.82) is 0 Å². The van der Waals surface area contributed by atoms with E-state index in [1.165, 1.54) is 25.7 Å². The molecule has 1 saturated carbocycles. The molecule has 0 aromatic carbocycles. The van der Waals surface area contributed by atoms with Crippen molar-refractivity contribution in [3.63, 3.8) is 0 Å². The van der Waals surface area contributed by atoms with Gasteiger partial charge in [0.05, 0.1) is 6.61 Å². The van der Waals surface area contributed by atoms with Gasteiger partial charge in [-0.25, -0.2) is 0 Å². The average Bonchev–Trinajstić information content (AvgIpc) is 2.24. The predicted molar refractivity (Wildman–Crippen MR) is 67.6 cm³/mol. The minimum absolute atomic E-state index is 0.142. The van der Waals surface area contributed by atoms with Crippen LogP contribution in [0.2, 0.25) is 0 Å². The second-order valence-corrected chi connectivity index (χ2v) is 4.55. The molecule has 4 heteroatoms. The van der Waals surface area contributed by atoms with Gasteiger partial charge in [0.2, 0.25) is 0 Å². The van der Waals surface area contributed by atoms with E-state index in [-0.39, 0.29) is 6.61 Å². The van der Waals surface area contributed by atoms with E-state index in [4.69, 9.17) is 5.11 Å². The van der Waals surface area contributed by atoms with Gasteiger partial charge in [-0.3, -0.25) is 4.99 Å². The molecule has 0 heterocycles. The standard InChI is InChI=1S/C12H25N3O/c1-3-12(6-5-7-12)10-15-11(13-4-2)14-8-9-16/h16H,3-10H2,1-2H3,(H2,13,14,15). The van der Waals surface area contributed by atoms with Crippen molar-refractivity contribution >= 4 is 5.96 Å². The number of guanidine groups is 1. The van der Waals surface area contributed by atoms with Crippen LogP contribution in [0.1, 0.15) is 39.5 Å². The van der Waals surface area contributed by atoms with Crippen molar-refractivity contribution in [2.75, 3.05) is 26.2 Å². The Bertz CT molecular complexity index is 219. The van der Waals surface area contributed by atoms with E-state index in [1.807, 2.05) is 0 Å². The normalized spacial score (nSPS) is 19.1. The number of aliphatic hydroxyl groups excluding tert-OH is 1. The molecule has 1 fully saturated rings. The highest BCUT2D eigenvalue weighted by molar-refractivity contribution is 5.79. The van der Waals surface area contributed by atoms with Crippen molar-refractivity contribution in [2.45, 2.75) is 39.5 Å². The number of rotatable bonds is 6. The smallest absolute Gasteiger partial charge is 0.191 e. The third-order valence-electron chi connectivity index (χ3n) is 3.49. The third-order valence-corrected chi connectivity index (χ3v) is 3.49. The number of nitrogens with one attached hydrogen (secondary N) is 2. The highest BCUT2D eigenvalue weighted by Crippen LogP contribution is 2.43. The van der Waals surface area contributed by atoms with E-state index in [0.717, 1.165) is 19.0 Å². The topological polar surface area (TPSA) is 56.7 Å². The Kier molecular flexibility index (Phi) is 5.60. The number of hydrogen-bond acceptors (Lipinski definition) is 2. The lowest BCUT2D eigenvalue weighted by atomic mass is 9.67. The summed E-state index contributed by atoms with van der Waals surface area (Å²) in [6.07, 6.45) is 5.19. The van der Waals surface area contributed by atoms with Gasteiger partial charge < -0.3 is 15.7 Å². The maximum atomic E-state index is 8.77. The van der Waals surface area contributed by atoms with E-state index >= 15 is 0 Å². The summed E-state index contributed by atoms with van der Waals surface area (Å²) in [5.41, 5.74) is 0.460. The molecular formula is C12H25N3O. The quantitative estimate of drug-likeness (QED) is 0.471. The molecule has 0 unspecified atom stereocenters. The molecule has 0 aromatic rings. The van der Waals surface area contributed by atoms with Crippen LogP contribution in [0.4, 0.5) is 0 Å². The average molecular weight is 227 g/mol. The highest BCUT2D eigenvalue weighted by atomic mass is 16.3. The second-order valence-electron chi connectivity index (χ2n) is 4.55. The molecule has 1 rings (SSSR count). The van der Waals surface area contributed by atoms with Crippen LogP contribution in [-0.4, -0.2) is 37.3 Å². The van der Waals surface area contributed by atoms with Crippen LogP contribution in [0.3, 0.4) is 0 Å². The van der Waals surface area contributed by atoms with Gasteiger partial charge in [-0.15, -0.1) is 0 Å². The summed E-state index contributed by atoms with van der Waals surface area (Å²) in [6.45, 7) is 6.77. The molecule has 0 aliphatic heterocycles. The van der Waals surface area contributed by atoms with Crippen molar-refractivity contribution in [3.05, 3.63) is 0 Å². The Morgan fingerprint density at radius 1 is 1.31 bits per heavy atom. The van der Waals surface area contributed by atoms with E-state index in [1.54, 1.807) is 0 Å². The minimum Gasteiger partial charge on any atom is -0.395 e. The first-order valence-electron chi connectivity index (χ1n) is 6.39. The van der Waals surface area contributed by atoms with Gasteiger partial charge in [-0.2, -0.15) is 0 Å². The van der Waals surface area contributed by atoms with Crippen LogP contribution in [0.15, 0.2) is 4.99 Å². The fourth-order valence-electron chi connectivity index (χ4n) is 2.06. The second kappa shape index (κ2) is 6.74. The molecular weight excluding hydrogens is 202 g/mol. The zero-order valence-electron chi connectivity index (χ0n) is 10.6. The minimum atomic E-state index is 0.142. The molecule has 94 valence electrons. The summed E-state index contributed by atoms with van der Waals surface area (Å²) in [4.78, 5) is 4.60. The SMILES string of the molecule is CCNC(=NCC1(CC)CCC1)NCCO. The Balaban J connectivity index is 2.42. The monoisotopic (exact) mass is 227 g/mol. The van der Waals surface area contributed by atoms with Gasteiger partial charge in [0.25, 0.3) is 0 Å². The molecule has 0 spiro atoms. The molecule has 4 nitrogen and oxygen atoms in total. The van der Waals surface area contributed by atoms with E-state index in [2.05, 4.69) is 29.5 Å². The van der Waals surface area contributed by atoms with Crippen LogP contribution >= 0.6 is 0 Å².